The number of nitrogens with zero attached hydrogens (tertiary/aromatic N) is 8. The number of benzene rings is 2. The van der Waals surface area contributed by atoms with Gasteiger partial charge in [0, 0.05) is 82.5 Å². The van der Waals surface area contributed by atoms with Gasteiger partial charge in [0.25, 0.3) is 0 Å². The highest BCUT2D eigenvalue weighted by atomic mass is 16.5. The lowest BCUT2D eigenvalue weighted by Crippen LogP contribution is -2.74. The molecule has 0 unspecified atom stereocenters. The van der Waals surface area contributed by atoms with E-state index >= 15 is 0 Å². The van der Waals surface area contributed by atoms with Crippen LogP contribution in [0.3, 0.4) is 0 Å². The molecule has 1 amide bonds. The SMILES string of the molecule is Nc1ncnc2c1c(-c1ccc(COc3ccccc3)cc1)nn2C1CCN(C2CN(C3CN(C4CN(C(=O)CC56CC7CC(CC(C7)C5)C6)C4)C3)C2)CC1. The van der Waals surface area contributed by atoms with E-state index in [0.29, 0.717) is 41.9 Å². The zero-order valence-electron chi connectivity index (χ0n) is 32.0. The fourth-order valence-electron chi connectivity index (χ4n) is 12.3. The molecule has 4 saturated carbocycles. The Balaban J connectivity index is 0.646. The van der Waals surface area contributed by atoms with Gasteiger partial charge in [0.15, 0.2) is 5.65 Å². The van der Waals surface area contributed by atoms with Crippen LogP contribution in [0.1, 0.15) is 69.4 Å². The number of carbonyl (C=O) groups excluding carboxylic acids is 1. The first kappa shape index (κ1) is 34.2. The number of amides is 1. The van der Waals surface area contributed by atoms with Gasteiger partial charge in [0.1, 0.15) is 30.2 Å². The number of carbonyl (C=O) groups is 1. The van der Waals surface area contributed by atoms with Crippen molar-refractivity contribution in [1.82, 2.24) is 39.3 Å². The topological polar surface area (TPSA) is 109 Å². The van der Waals surface area contributed by atoms with E-state index in [0.717, 1.165) is 96.8 Å². The van der Waals surface area contributed by atoms with Crippen LogP contribution in [0.15, 0.2) is 60.9 Å². The van der Waals surface area contributed by atoms with E-state index in [1.807, 2.05) is 30.3 Å². The molecule has 12 rings (SSSR count). The van der Waals surface area contributed by atoms with Crippen LogP contribution in [-0.4, -0.2) is 116 Å². The van der Waals surface area contributed by atoms with Crippen LogP contribution in [0.25, 0.3) is 22.3 Å². The molecule has 4 aliphatic heterocycles. The fraction of sp³-hybridized carbons (Fsp3) is 0.591. The molecule has 4 bridgehead atoms. The molecule has 4 aliphatic carbocycles. The summed E-state index contributed by atoms with van der Waals surface area (Å²) in [4.78, 5) is 32.7. The molecule has 6 heterocycles. The Hall–Kier alpha value is -4.06. The monoisotopic (exact) mass is 741 g/mol. The molecule has 2 aromatic carbocycles. The smallest absolute Gasteiger partial charge is 0.223 e. The van der Waals surface area contributed by atoms with Crippen molar-refractivity contribution in [3.8, 4) is 17.0 Å². The Labute approximate surface area is 324 Å². The van der Waals surface area contributed by atoms with Crippen LogP contribution in [-0.2, 0) is 11.4 Å². The van der Waals surface area contributed by atoms with Gasteiger partial charge >= 0.3 is 0 Å². The highest BCUT2D eigenvalue weighted by Crippen LogP contribution is 2.61. The normalized spacial score (nSPS) is 29.4. The van der Waals surface area contributed by atoms with Crippen molar-refractivity contribution >= 4 is 22.8 Å². The Kier molecular flexibility index (Phi) is 8.43. The number of anilines is 1. The van der Waals surface area contributed by atoms with Gasteiger partial charge in [-0.1, -0.05) is 42.5 Å². The maximum atomic E-state index is 13.4. The van der Waals surface area contributed by atoms with Crippen LogP contribution in [0.4, 0.5) is 5.82 Å². The van der Waals surface area contributed by atoms with E-state index < -0.39 is 0 Å². The van der Waals surface area contributed by atoms with E-state index in [-0.39, 0.29) is 6.04 Å². The molecule has 11 heteroatoms. The summed E-state index contributed by atoms with van der Waals surface area (Å²) in [5.74, 6) is 4.55. The number of rotatable bonds is 10. The van der Waals surface area contributed by atoms with Crippen molar-refractivity contribution in [2.75, 3.05) is 58.1 Å². The van der Waals surface area contributed by atoms with Crippen molar-refractivity contribution in [3.63, 3.8) is 0 Å². The highest BCUT2D eigenvalue weighted by Gasteiger charge is 2.53. The third-order valence-electron chi connectivity index (χ3n) is 15.0. The number of hydrogen-bond donors (Lipinski definition) is 1. The first-order valence-corrected chi connectivity index (χ1v) is 21.2. The molecule has 8 aliphatic rings. The van der Waals surface area contributed by atoms with Crippen LogP contribution in [0, 0.1) is 23.2 Å². The van der Waals surface area contributed by atoms with Crippen molar-refractivity contribution in [1.29, 1.82) is 0 Å². The molecule has 0 radical (unpaired) electrons. The number of hydrogen-bond acceptors (Lipinski definition) is 9. The van der Waals surface area contributed by atoms with Crippen LogP contribution >= 0.6 is 0 Å². The molecule has 8 fully saturated rings. The molecule has 4 aromatic rings. The van der Waals surface area contributed by atoms with Gasteiger partial charge in [-0.2, -0.15) is 5.10 Å². The number of aromatic nitrogens is 4. The number of para-hydroxylation sites is 1. The molecule has 0 atom stereocenters. The van der Waals surface area contributed by atoms with Gasteiger partial charge in [-0.25, -0.2) is 14.6 Å². The van der Waals surface area contributed by atoms with Crippen molar-refractivity contribution in [2.45, 2.75) is 88.6 Å². The number of fused-ring (bicyclic) bond motifs is 1. The van der Waals surface area contributed by atoms with E-state index in [1.54, 1.807) is 6.33 Å². The second kappa shape index (κ2) is 13.6. The first-order chi connectivity index (χ1) is 26.9. The molecule has 4 saturated heterocycles. The number of nitrogens with two attached hydrogens (primary N) is 1. The van der Waals surface area contributed by atoms with Gasteiger partial charge in [-0.15, -0.1) is 0 Å². The zero-order chi connectivity index (χ0) is 36.7. The maximum absolute atomic E-state index is 13.4. The molecule has 55 heavy (non-hydrogen) atoms. The zero-order valence-corrected chi connectivity index (χ0v) is 32.0. The number of piperidine rings is 1. The molecular formula is C44H55N9O2. The Bertz CT molecular complexity index is 1990. The molecule has 2 N–H and O–H groups in total. The van der Waals surface area contributed by atoms with Gasteiger partial charge in [0.2, 0.25) is 5.91 Å². The predicted molar refractivity (Wildman–Crippen MR) is 212 cm³/mol. The molecule has 0 spiro atoms. The van der Waals surface area contributed by atoms with E-state index in [4.69, 9.17) is 20.6 Å². The van der Waals surface area contributed by atoms with Crippen molar-refractivity contribution < 1.29 is 9.53 Å². The lowest BCUT2D eigenvalue weighted by Gasteiger charge is -2.59. The summed E-state index contributed by atoms with van der Waals surface area (Å²) >= 11 is 0. The highest BCUT2D eigenvalue weighted by molar-refractivity contribution is 5.98. The second-order valence-electron chi connectivity index (χ2n) is 18.6. The average molecular weight is 742 g/mol. The Morgan fingerprint density at radius 1 is 0.745 bits per heavy atom. The van der Waals surface area contributed by atoms with Crippen LogP contribution in [0.2, 0.25) is 0 Å². The Morgan fingerprint density at radius 3 is 2.02 bits per heavy atom. The second-order valence-corrected chi connectivity index (χ2v) is 18.6. The first-order valence-electron chi connectivity index (χ1n) is 21.2. The van der Waals surface area contributed by atoms with Crippen LogP contribution in [0.5, 0.6) is 5.75 Å². The van der Waals surface area contributed by atoms with Crippen molar-refractivity contribution in [2.24, 2.45) is 23.2 Å². The van der Waals surface area contributed by atoms with Gasteiger partial charge in [-0.05, 0) is 92.2 Å². The quantitative estimate of drug-likeness (QED) is 0.226. The third kappa shape index (κ3) is 6.30. The molecule has 11 nitrogen and oxygen atoms in total. The fourth-order valence-corrected chi connectivity index (χ4v) is 12.3. The lowest BCUT2D eigenvalue weighted by atomic mass is 9.49. The van der Waals surface area contributed by atoms with Crippen molar-refractivity contribution in [3.05, 3.63) is 66.5 Å². The maximum Gasteiger partial charge on any atom is 0.223 e. The summed E-state index contributed by atoms with van der Waals surface area (Å²) in [6.45, 7) is 9.25. The van der Waals surface area contributed by atoms with E-state index in [1.165, 1.54) is 64.7 Å². The van der Waals surface area contributed by atoms with Crippen LogP contribution < -0.4 is 10.5 Å². The minimum Gasteiger partial charge on any atom is -0.489 e. The average Bonchev–Trinajstić information content (AvgIpc) is 3.52. The number of ether oxygens (including phenoxy) is 1. The summed E-state index contributed by atoms with van der Waals surface area (Å²) < 4.78 is 8.08. The Morgan fingerprint density at radius 2 is 1.36 bits per heavy atom. The number of nitrogen functional groups attached to an aromatic ring is 1. The summed E-state index contributed by atoms with van der Waals surface area (Å²) in [7, 11) is 0. The summed E-state index contributed by atoms with van der Waals surface area (Å²) in [5.41, 5.74) is 10.6. The minimum atomic E-state index is 0.276. The molecular weight excluding hydrogens is 687 g/mol. The summed E-state index contributed by atoms with van der Waals surface area (Å²) in [6, 6.07) is 20.5. The van der Waals surface area contributed by atoms with Gasteiger partial charge in [-0.3, -0.25) is 19.5 Å². The summed E-state index contributed by atoms with van der Waals surface area (Å²) in [6.07, 6.45) is 12.8. The van der Waals surface area contributed by atoms with Gasteiger partial charge < -0.3 is 15.4 Å². The molecule has 288 valence electrons. The largest absolute Gasteiger partial charge is 0.489 e. The third-order valence-corrected chi connectivity index (χ3v) is 15.0. The van der Waals surface area contributed by atoms with E-state index in [9.17, 15) is 4.79 Å². The van der Waals surface area contributed by atoms with E-state index in [2.05, 4.69) is 53.5 Å². The summed E-state index contributed by atoms with van der Waals surface area (Å²) in [5, 5.41) is 6.00. The molecule has 2 aromatic heterocycles. The number of likely N-dealkylation sites (tertiary alicyclic amines) is 4. The lowest BCUT2D eigenvalue weighted by molar-refractivity contribution is -0.150. The minimum absolute atomic E-state index is 0.276. The predicted octanol–water partition coefficient (Wildman–Crippen LogP) is 5.48. The van der Waals surface area contributed by atoms with Gasteiger partial charge in [0.05, 0.1) is 11.4 Å². The standard InChI is InChI=1S/C44H55N9O2/c45-42-40-41(33-8-6-29(7-9-33)27-55-38-4-2-1-3-5-38)48-53(43(40)47-28-46-42)34-10-12-49(13-11-34)35-21-50(22-35)36-23-51(24-36)37-25-52(26-37)39(54)20-44-17-30-14-31(18-44)16-32(15-30)19-44/h1-9,28,30-32,34-37H,10-27H2,(H2,45,46,47).